The third-order valence-electron chi connectivity index (χ3n) is 7.20. The molecule has 6 nitrogen and oxygen atoms in total. The van der Waals surface area contributed by atoms with Gasteiger partial charge in [0.25, 0.3) is 5.91 Å². The number of hydrogen-bond donors (Lipinski definition) is 1. The molecule has 4 heterocycles. The molecule has 3 unspecified atom stereocenters. The summed E-state index contributed by atoms with van der Waals surface area (Å²) in [4.78, 5) is 32.1. The molecule has 6 rings (SSSR count). The quantitative estimate of drug-likeness (QED) is 0.454. The Kier molecular flexibility index (Phi) is 5.32. The molecule has 2 aromatic carbocycles. The summed E-state index contributed by atoms with van der Waals surface area (Å²) in [6.07, 6.45) is 1.56. The number of nitrogens with zero attached hydrogens (tertiary/aromatic N) is 2. The molecule has 0 saturated carbocycles. The van der Waals surface area contributed by atoms with Crippen molar-refractivity contribution in [1.29, 1.82) is 0 Å². The maximum atomic E-state index is 14.6. The summed E-state index contributed by atoms with van der Waals surface area (Å²) in [6.45, 7) is 0.646. The first-order chi connectivity index (χ1) is 16.8. The van der Waals surface area contributed by atoms with Gasteiger partial charge in [-0.05, 0) is 55.1 Å². The zero-order chi connectivity index (χ0) is 24.5. The SMILES string of the molecule is CN1CC(c2ccc(Cl)cc2)C2(SC(=S)N(Cc3ccco3)C2=O)C12C(=O)Nc1ccc(Cl)cc12. The molecule has 10 heteroatoms. The van der Waals surface area contributed by atoms with E-state index < -0.39 is 10.3 Å². The van der Waals surface area contributed by atoms with Crippen LogP contribution in [0.1, 0.15) is 22.8 Å². The van der Waals surface area contributed by atoms with E-state index in [1.54, 1.807) is 53.6 Å². The number of thioether (sulfide) groups is 1. The Labute approximate surface area is 221 Å². The molecule has 0 aliphatic carbocycles. The van der Waals surface area contributed by atoms with E-state index in [1.807, 2.05) is 24.1 Å². The number of anilines is 1. The van der Waals surface area contributed by atoms with E-state index in [0.29, 0.717) is 37.9 Å². The number of benzene rings is 2. The number of amides is 2. The summed E-state index contributed by atoms with van der Waals surface area (Å²) in [5.41, 5.74) is 0.912. The van der Waals surface area contributed by atoms with Gasteiger partial charge in [-0.25, -0.2) is 0 Å². The van der Waals surface area contributed by atoms with Gasteiger partial charge in [0.15, 0.2) is 5.54 Å². The summed E-state index contributed by atoms with van der Waals surface area (Å²) in [6, 6.07) is 16.3. The van der Waals surface area contributed by atoms with Crippen molar-refractivity contribution in [2.24, 2.45) is 0 Å². The Bertz CT molecular complexity index is 1380. The highest BCUT2D eigenvalue weighted by molar-refractivity contribution is 8.25. The predicted octanol–water partition coefficient (Wildman–Crippen LogP) is 5.26. The number of fused-ring (bicyclic) bond motifs is 3. The molecule has 3 atom stereocenters. The van der Waals surface area contributed by atoms with Crippen molar-refractivity contribution in [3.63, 3.8) is 0 Å². The standard InChI is InChI=1S/C25H19Cl2N3O3S2/c1-29-13-19(14-4-6-15(26)7-5-14)25(22(32)30(23(34)35-25)12-17-3-2-10-33-17)24(29)18-11-16(27)8-9-20(18)28-21(24)31/h2-11,19H,12-13H2,1H3,(H,28,31). The van der Waals surface area contributed by atoms with Gasteiger partial charge in [0.1, 0.15) is 14.8 Å². The molecule has 0 radical (unpaired) electrons. The Morgan fingerprint density at radius 1 is 1.14 bits per heavy atom. The zero-order valence-electron chi connectivity index (χ0n) is 18.5. The van der Waals surface area contributed by atoms with Gasteiger partial charge in [0.2, 0.25) is 5.91 Å². The largest absolute Gasteiger partial charge is 0.467 e. The molecule has 3 aliphatic heterocycles. The minimum absolute atomic E-state index is 0.191. The van der Waals surface area contributed by atoms with Crippen molar-refractivity contribution in [1.82, 2.24) is 9.80 Å². The van der Waals surface area contributed by atoms with Gasteiger partial charge >= 0.3 is 0 Å². The van der Waals surface area contributed by atoms with Crippen LogP contribution in [0.3, 0.4) is 0 Å². The number of carbonyl (C=O) groups is 2. The van der Waals surface area contributed by atoms with Crippen molar-refractivity contribution in [2.75, 3.05) is 18.9 Å². The van der Waals surface area contributed by atoms with Crippen molar-refractivity contribution in [3.8, 4) is 0 Å². The molecule has 1 aromatic heterocycles. The van der Waals surface area contributed by atoms with Crippen LogP contribution in [0.2, 0.25) is 10.0 Å². The second kappa shape index (κ2) is 8.08. The lowest BCUT2D eigenvalue weighted by Crippen LogP contribution is -2.61. The van der Waals surface area contributed by atoms with E-state index in [-0.39, 0.29) is 24.3 Å². The molecule has 1 N–H and O–H groups in total. The molecule has 3 aliphatic rings. The number of carbonyl (C=O) groups excluding carboxylic acids is 2. The minimum atomic E-state index is -1.32. The Balaban J connectivity index is 1.60. The minimum Gasteiger partial charge on any atom is -0.467 e. The van der Waals surface area contributed by atoms with Crippen molar-refractivity contribution in [2.45, 2.75) is 22.7 Å². The lowest BCUT2D eigenvalue weighted by molar-refractivity contribution is -0.138. The zero-order valence-corrected chi connectivity index (χ0v) is 21.6. The number of thiocarbonyl (C=S) groups is 1. The molecule has 3 aromatic rings. The van der Waals surface area contributed by atoms with E-state index in [4.69, 9.17) is 39.8 Å². The molecule has 2 fully saturated rings. The second-order valence-electron chi connectivity index (χ2n) is 8.91. The highest BCUT2D eigenvalue weighted by atomic mass is 35.5. The number of hydrogen-bond acceptors (Lipinski definition) is 6. The number of nitrogens with one attached hydrogen (secondary N) is 1. The average Bonchev–Trinajstić information content (AvgIpc) is 3.56. The fourth-order valence-corrected chi connectivity index (χ4v) is 8.21. The molecule has 2 amide bonds. The molecule has 35 heavy (non-hydrogen) atoms. The Morgan fingerprint density at radius 2 is 1.89 bits per heavy atom. The van der Waals surface area contributed by atoms with E-state index in [0.717, 1.165) is 5.56 Å². The van der Waals surface area contributed by atoms with Crippen LogP contribution in [-0.2, 0) is 21.7 Å². The molecule has 178 valence electrons. The van der Waals surface area contributed by atoms with Crippen LogP contribution in [0.5, 0.6) is 0 Å². The van der Waals surface area contributed by atoms with Crippen LogP contribution in [-0.4, -0.2) is 44.3 Å². The van der Waals surface area contributed by atoms with Crippen LogP contribution in [0.25, 0.3) is 0 Å². The Morgan fingerprint density at radius 3 is 2.60 bits per heavy atom. The predicted molar refractivity (Wildman–Crippen MR) is 141 cm³/mol. The molecular formula is C25H19Cl2N3O3S2. The Hall–Kier alpha value is -2.36. The third kappa shape index (κ3) is 3.04. The summed E-state index contributed by atoms with van der Waals surface area (Å²) < 4.78 is 4.66. The van der Waals surface area contributed by atoms with Gasteiger partial charge in [-0.1, -0.05) is 59.3 Å². The summed E-state index contributed by atoms with van der Waals surface area (Å²) in [7, 11) is 1.87. The number of rotatable bonds is 3. The fraction of sp³-hybridized carbons (Fsp3) is 0.240. The molecule has 2 saturated heterocycles. The highest BCUT2D eigenvalue weighted by Crippen LogP contribution is 2.66. The summed E-state index contributed by atoms with van der Waals surface area (Å²) in [5, 5.41) is 4.10. The maximum absolute atomic E-state index is 14.6. The van der Waals surface area contributed by atoms with Crippen LogP contribution >= 0.6 is 47.2 Å². The normalized spacial score (nSPS) is 27.9. The van der Waals surface area contributed by atoms with Crippen LogP contribution in [0, 0.1) is 0 Å². The van der Waals surface area contributed by atoms with E-state index >= 15 is 0 Å². The molecule has 0 bridgehead atoms. The van der Waals surface area contributed by atoms with E-state index in [1.165, 1.54) is 11.8 Å². The average molecular weight is 544 g/mol. The van der Waals surface area contributed by atoms with Crippen LogP contribution < -0.4 is 5.32 Å². The first kappa shape index (κ1) is 23.1. The summed E-state index contributed by atoms with van der Waals surface area (Å²) >= 11 is 19.7. The van der Waals surface area contributed by atoms with Crippen molar-refractivity contribution >= 4 is 69.0 Å². The first-order valence-corrected chi connectivity index (χ1v) is 12.9. The van der Waals surface area contributed by atoms with Crippen molar-refractivity contribution < 1.29 is 14.0 Å². The fourth-order valence-electron chi connectivity index (χ4n) is 5.78. The van der Waals surface area contributed by atoms with Gasteiger partial charge < -0.3 is 9.73 Å². The van der Waals surface area contributed by atoms with Crippen LogP contribution in [0.15, 0.2) is 65.3 Å². The molecular weight excluding hydrogens is 525 g/mol. The number of likely N-dealkylation sites (tertiary alicyclic amines) is 1. The molecule has 2 spiro atoms. The van der Waals surface area contributed by atoms with Gasteiger partial charge in [0, 0.05) is 33.8 Å². The van der Waals surface area contributed by atoms with Gasteiger partial charge in [-0.15, -0.1) is 0 Å². The van der Waals surface area contributed by atoms with E-state index in [9.17, 15) is 9.59 Å². The topological polar surface area (TPSA) is 65.8 Å². The lowest BCUT2D eigenvalue weighted by Gasteiger charge is -2.41. The highest BCUT2D eigenvalue weighted by Gasteiger charge is 2.77. The second-order valence-corrected chi connectivity index (χ2v) is 11.7. The van der Waals surface area contributed by atoms with Gasteiger partial charge in [-0.2, -0.15) is 0 Å². The van der Waals surface area contributed by atoms with Gasteiger partial charge in [0.05, 0.1) is 12.8 Å². The van der Waals surface area contributed by atoms with Crippen molar-refractivity contribution in [3.05, 3.63) is 87.8 Å². The lowest BCUT2D eigenvalue weighted by atomic mass is 9.72. The first-order valence-electron chi connectivity index (χ1n) is 10.9. The number of furan rings is 1. The number of halogens is 2. The van der Waals surface area contributed by atoms with E-state index in [2.05, 4.69) is 5.32 Å². The number of likely N-dealkylation sites (N-methyl/N-ethyl adjacent to an activating group) is 1. The maximum Gasteiger partial charge on any atom is 0.251 e. The summed E-state index contributed by atoms with van der Waals surface area (Å²) in [5.74, 6) is -0.230. The smallest absolute Gasteiger partial charge is 0.251 e. The van der Waals surface area contributed by atoms with Gasteiger partial charge in [-0.3, -0.25) is 19.4 Å². The third-order valence-corrected chi connectivity index (χ3v) is 9.63. The monoisotopic (exact) mass is 543 g/mol. The van der Waals surface area contributed by atoms with Crippen LogP contribution in [0.4, 0.5) is 5.69 Å².